The van der Waals surface area contributed by atoms with Gasteiger partial charge in [0.1, 0.15) is 0 Å². The van der Waals surface area contributed by atoms with E-state index in [9.17, 15) is 9.59 Å². The van der Waals surface area contributed by atoms with Crippen LogP contribution in [-0.2, 0) is 11.3 Å². The first kappa shape index (κ1) is 14.0. The van der Waals surface area contributed by atoms with Crippen molar-refractivity contribution in [3.63, 3.8) is 0 Å². The van der Waals surface area contributed by atoms with Crippen LogP contribution in [0.1, 0.15) is 6.42 Å². The Morgan fingerprint density at radius 2 is 2.17 bits per heavy atom. The van der Waals surface area contributed by atoms with Crippen molar-refractivity contribution in [2.45, 2.75) is 19.1 Å². The number of aromatic nitrogens is 2. The lowest BCUT2D eigenvalue weighted by atomic mass is 10.3. The number of aliphatic hydroxyl groups excluding tert-OH is 1. The molecule has 0 saturated carbocycles. The van der Waals surface area contributed by atoms with Gasteiger partial charge in [0, 0.05) is 25.5 Å². The van der Waals surface area contributed by atoms with Crippen LogP contribution in [0.5, 0.6) is 0 Å². The highest BCUT2D eigenvalue weighted by atomic mass is 16.4. The van der Waals surface area contributed by atoms with Crippen LogP contribution in [-0.4, -0.2) is 51.2 Å². The molecule has 100 valence electrons. The molecule has 0 aromatic carbocycles. The smallest absolute Gasteiger partial charge is 0.334 e. The first-order valence-electron chi connectivity index (χ1n) is 5.49. The van der Waals surface area contributed by atoms with Crippen molar-refractivity contribution in [3.8, 4) is 0 Å². The molecule has 1 rings (SSSR count). The zero-order chi connectivity index (χ0) is 13.4. The lowest BCUT2D eigenvalue weighted by Crippen LogP contribution is -2.42. The number of carbonyl (C=O) groups excluding carboxylic acids is 1. The van der Waals surface area contributed by atoms with E-state index in [4.69, 9.17) is 10.2 Å². The van der Waals surface area contributed by atoms with Crippen molar-refractivity contribution >= 4 is 12.0 Å². The number of hydrogen-bond donors (Lipinski definition) is 4. The minimum absolute atomic E-state index is 0.319. The summed E-state index contributed by atoms with van der Waals surface area (Å²) in [5.74, 6) is -1.37. The van der Waals surface area contributed by atoms with E-state index >= 15 is 0 Å². The van der Waals surface area contributed by atoms with Gasteiger partial charge in [-0.05, 0) is 12.5 Å². The molecule has 0 aliphatic rings. The maximum atomic E-state index is 11.2. The minimum Gasteiger partial charge on any atom is -0.479 e. The Morgan fingerprint density at radius 1 is 1.39 bits per heavy atom. The number of carbonyl (C=O) groups is 2. The SMILES string of the molecule is O=C(NCCCn1cccn1)NC[C@H](O)C(=O)O. The van der Waals surface area contributed by atoms with Crippen molar-refractivity contribution in [3.05, 3.63) is 18.5 Å². The summed E-state index contributed by atoms with van der Waals surface area (Å²) in [6.07, 6.45) is 2.62. The first-order valence-corrected chi connectivity index (χ1v) is 5.49. The topological polar surface area (TPSA) is 116 Å². The molecular weight excluding hydrogens is 240 g/mol. The van der Waals surface area contributed by atoms with Gasteiger partial charge in [-0.3, -0.25) is 4.68 Å². The zero-order valence-corrected chi connectivity index (χ0v) is 9.74. The fourth-order valence-corrected chi connectivity index (χ4v) is 1.21. The molecule has 0 aliphatic carbocycles. The van der Waals surface area contributed by atoms with Crippen LogP contribution >= 0.6 is 0 Å². The number of rotatable bonds is 7. The van der Waals surface area contributed by atoms with Crippen molar-refractivity contribution in [2.24, 2.45) is 0 Å². The van der Waals surface area contributed by atoms with Gasteiger partial charge in [-0.25, -0.2) is 9.59 Å². The van der Waals surface area contributed by atoms with Crippen LogP contribution in [0, 0.1) is 0 Å². The average molecular weight is 256 g/mol. The second kappa shape index (κ2) is 7.28. The van der Waals surface area contributed by atoms with E-state index in [1.165, 1.54) is 0 Å². The number of aliphatic hydroxyl groups is 1. The number of carboxylic acid groups (broad SMARTS) is 1. The summed E-state index contributed by atoms with van der Waals surface area (Å²) in [6.45, 7) is 0.806. The highest BCUT2D eigenvalue weighted by molar-refractivity contribution is 5.76. The van der Waals surface area contributed by atoms with Crippen molar-refractivity contribution < 1.29 is 19.8 Å². The highest BCUT2D eigenvalue weighted by Crippen LogP contribution is 1.87. The molecule has 1 atom stereocenters. The quantitative estimate of drug-likeness (QED) is 0.468. The molecule has 4 N–H and O–H groups in total. The van der Waals surface area contributed by atoms with Crippen LogP contribution in [0.4, 0.5) is 4.79 Å². The normalized spacial score (nSPS) is 11.8. The Labute approximate surface area is 104 Å². The molecule has 8 heteroatoms. The Hall–Kier alpha value is -2.09. The van der Waals surface area contributed by atoms with E-state index in [1.807, 2.05) is 12.3 Å². The van der Waals surface area contributed by atoms with E-state index in [0.29, 0.717) is 19.5 Å². The number of aliphatic carboxylic acids is 1. The van der Waals surface area contributed by atoms with Gasteiger partial charge < -0.3 is 20.8 Å². The molecule has 1 aromatic rings. The first-order chi connectivity index (χ1) is 8.59. The third kappa shape index (κ3) is 5.30. The summed E-state index contributed by atoms with van der Waals surface area (Å²) in [7, 11) is 0. The van der Waals surface area contributed by atoms with Gasteiger partial charge in [-0.1, -0.05) is 0 Å². The maximum absolute atomic E-state index is 11.2. The fourth-order valence-electron chi connectivity index (χ4n) is 1.21. The van der Waals surface area contributed by atoms with Crippen LogP contribution in [0.2, 0.25) is 0 Å². The fraction of sp³-hybridized carbons (Fsp3) is 0.500. The monoisotopic (exact) mass is 256 g/mol. The summed E-state index contributed by atoms with van der Waals surface area (Å²) in [4.78, 5) is 21.5. The second-order valence-corrected chi connectivity index (χ2v) is 3.61. The number of aryl methyl sites for hydroxylation is 1. The lowest BCUT2D eigenvalue weighted by Gasteiger charge is -2.09. The summed E-state index contributed by atoms with van der Waals surface area (Å²) in [5.41, 5.74) is 0. The molecule has 0 unspecified atom stereocenters. The highest BCUT2D eigenvalue weighted by Gasteiger charge is 2.13. The molecule has 0 saturated heterocycles. The average Bonchev–Trinajstić information content (AvgIpc) is 2.84. The van der Waals surface area contributed by atoms with E-state index < -0.39 is 18.1 Å². The predicted octanol–water partition coefficient (Wildman–Crippen LogP) is -0.982. The number of amides is 2. The third-order valence-electron chi connectivity index (χ3n) is 2.15. The van der Waals surface area contributed by atoms with E-state index in [2.05, 4.69) is 15.7 Å². The molecular formula is C10H16N4O4. The van der Waals surface area contributed by atoms with Crippen molar-refractivity contribution in [1.29, 1.82) is 0 Å². The molecule has 1 aromatic heterocycles. The second-order valence-electron chi connectivity index (χ2n) is 3.61. The van der Waals surface area contributed by atoms with Gasteiger partial charge in [0.15, 0.2) is 6.10 Å². The minimum atomic E-state index is -1.58. The van der Waals surface area contributed by atoms with Crippen LogP contribution in [0.25, 0.3) is 0 Å². The summed E-state index contributed by atoms with van der Waals surface area (Å²) in [5, 5.41) is 26.1. The van der Waals surface area contributed by atoms with Gasteiger partial charge in [0.2, 0.25) is 0 Å². The van der Waals surface area contributed by atoms with Crippen molar-refractivity contribution in [1.82, 2.24) is 20.4 Å². The maximum Gasteiger partial charge on any atom is 0.334 e. The zero-order valence-electron chi connectivity index (χ0n) is 9.74. The predicted molar refractivity (Wildman–Crippen MR) is 61.9 cm³/mol. The van der Waals surface area contributed by atoms with E-state index in [-0.39, 0.29) is 6.54 Å². The molecule has 8 nitrogen and oxygen atoms in total. The van der Waals surface area contributed by atoms with Crippen LogP contribution in [0.15, 0.2) is 18.5 Å². The van der Waals surface area contributed by atoms with Gasteiger partial charge in [-0.2, -0.15) is 5.10 Å². The summed E-state index contributed by atoms with van der Waals surface area (Å²) < 4.78 is 1.74. The van der Waals surface area contributed by atoms with Crippen LogP contribution in [0.3, 0.4) is 0 Å². The largest absolute Gasteiger partial charge is 0.479 e. The number of nitrogens with one attached hydrogen (secondary N) is 2. The third-order valence-corrected chi connectivity index (χ3v) is 2.15. The lowest BCUT2D eigenvalue weighted by molar-refractivity contribution is -0.146. The van der Waals surface area contributed by atoms with Gasteiger partial charge in [0.25, 0.3) is 0 Å². The molecule has 1 heterocycles. The molecule has 0 fully saturated rings. The molecule has 0 bridgehead atoms. The molecule has 0 radical (unpaired) electrons. The summed E-state index contributed by atoms with van der Waals surface area (Å²) >= 11 is 0. The number of urea groups is 1. The Balaban J connectivity index is 2.05. The molecule has 2 amide bonds. The van der Waals surface area contributed by atoms with Crippen molar-refractivity contribution in [2.75, 3.05) is 13.1 Å². The Kier molecular flexibility index (Phi) is 5.65. The van der Waals surface area contributed by atoms with Crippen LogP contribution < -0.4 is 10.6 Å². The number of nitrogens with zero attached hydrogens (tertiary/aromatic N) is 2. The summed E-state index contributed by atoms with van der Waals surface area (Å²) in [6, 6.07) is 1.31. The molecule has 0 aliphatic heterocycles. The van der Waals surface area contributed by atoms with E-state index in [1.54, 1.807) is 10.9 Å². The molecule has 0 spiro atoms. The molecule has 18 heavy (non-hydrogen) atoms. The van der Waals surface area contributed by atoms with Gasteiger partial charge in [0.05, 0.1) is 6.54 Å². The number of hydrogen-bond acceptors (Lipinski definition) is 4. The Bertz CT molecular complexity index is 379. The Morgan fingerprint density at radius 3 is 2.78 bits per heavy atom. The van der Waals surface area contributed by atoms with Gasteiger partial charge >= 0.3 is 12.0 Å². The van der Waals surface area contributed by atoms with E-state index in [0.717, 1.165) is 0 Å². The van der Waals surface area contributed by atoms with Gasteiger partial charge in [-0.15, -0.1) is 0 Å². The number of carboxylic acids is 1. The standard InChI is InChI=1S/C10H16N4O4/c15-8(9(16)17)7-12-10(18)11-3-1-5-14-6-2-4-13-14/h2,4,6,8,15H,1,3,5,7H2,(H,16,17)(H2,11,12,18)/t8-/m0/s1.